The molecule has 0 radical (unpaired) electrons. The molecule has 2 aromatic carbocycles. The molecule has 15 heavy (non-hydrogen) atoms. The van der Waals surface area contributed by atoms with Crippen LogP contribution in [-0.2, 0) is 0 Å². The van der Waals surface area contributed by atoms with Crippen molar-refractivity contribution in [2.24, 2.45) is 0 Å². The zero-order valence-corrected chi connectivity index (χ0v) is 8.74. The van der Waals surface area contributed by atoms with Crippen LogP contribution >= 0.6 is 11.6 Å². The third kappa shape index (κ3) is 2.25. The molecular weight excluding hydrogens is 208 g/mol. The second-order valence-electron chi connectivity index (χ2n) is 3.26. The molecule has 0 aliphatic carbocycles. The summed E-state index contributed by atoms with van der Waals surface area (Å²) in [6, 6.07) is 15.2. The molecule has 0 unspecified atom stereocenters. The first-order valence-corrected chi connectivity index (χ1v) is 4.98. The number of benzene rings is 2. The van der Waals surface area contributed by atoms with Crippen molar-refractivity contribution in [3.8, 4) is 11.1 Å². The number of halogens is 1. The molecule has 2 aromatic rings. The molecule has 2 rings (SSSR count). The van der Waals surface area contributed by atoms with E-state index in [2.05, 4.69) is 0 Å². The maximum absolute atomic E-state index is 10.7. The second kappa shape index (κ2) is 4.28. The van der Waals surface area contributed by atoms with E-state index in [1.54, 1.807) is 6.07 Å². The van der Waals surface area contributed by atoms with Crippen LogP contribution in [0, 0.1) is 0 Å². The normalized spacial score (nSPS) is 9.93. The second-order valence-corrected chi connectivity index (χ2v) is 3.69. The van der Waals surface area contributed by atoms with E-state index in [1.807, 2.05) is 42.5 Å². The number of carbonyl (C=O) groups excluding carboxylic acids is 1. The lowest BCUT2D eigenvalue weighted by atomic mass is 10.0. The van der Waals surface area contributed by atoms with Crippen LogP contribution < -0.4 is 0 Å². The summed E-state index contributed by atoms with van der Waals surface area (Å²) < 4.78 is 0. The summed E-state index contributed by atoms with van der Waals surface area (Å²) in [5.41, 5.74) is 2.62. The van der Waals surface area contributed by atoms with Crippen LogP contribution in [0.5, 0.6) is 0 Å². The summed E-state index contributed by atoms with van der Waals surface area (Å²) in [7, 11) is 0. The third-order valence-corrected chi connectivity index (χ3v) is 2.38. The van der Waals surface area contributed by atoms with Crippen molar-refractivity contribution in [1.29, 1.82) is 0 Å². The molecule has 0 bridgehead atoms. The van der Waals surface area contributed by atoms with E-state index in [1.165, 1.54) is 0 Å². The predicted octanol–water partition coefficient (Wildman–Crippen LogP) is 3.82. The minimum Gasteiger partial charge on any atom is -0.298 e. The van der Waals surface area contributed by atoms with Gasteiger partial charge in [0.15, 0.2) is 0 Å². The smallest absolute Gasteiger partial charge is 0.150 e. The Morgan fingerprint density at radius 1 is 0.933 bits per heavy atom. The Bertz CT molecular complexity index is 477. The highest BCUT2D eigenvalue weighted by Crippen LogP contribution is 2.23. The van der Waals surface area contributed by atoms with Crippen molar-refractivity contribution in [1.82, 2.24) is 0 Å². The fourth-order valence-electron chi connectivity index (χ4n) is 1.48. The maximum Gasteiger partial charge on any atom is 0.150 e. The largest absolute Gasteiger partial charge is 0.298 e. The van der Waals surface area contributed by atoms with Crippen LogP contribution in [0.1, 0.15) is 10.4 Å². The van der Waals surface area contributed by atoms with Gasteiger partial charge in [-0.25, -0.2) is 0 Å². The van der Waals surface area contributed by atoms with Gasteiger partial charge in [0.1, 0.15) is 6.29 Å². The van der Waals surface area contributed by atoms with Gasteiger partial charge in [-0.1, -0.05) is 41.9 Å². The Morgan fingerprint density at radius 2 is 1.67 bits per heavy atom. The minimum absolute atomic E-state index is 0.582. The summed E-state index contributed by atoms with van der Waals surface area (Å²) in [4.78, 5) is 10.7. The summed E-state index contributed by atoms with van der Waals surface area (Å²) in [5, 5.41) is 0.582. The molecule has 2 heteroatoms. The van der Waals surface area contributed by atoms with Gasteiger partial charge in [-0.2, -0.15) is 0 Å². The van der Waals surface area contributed by atoms with Crippen molar-refractivity contribution in [2.75, 3.05) is 0 Å². The first-order valence-electron chi connectivity index (χ1n) is 4.61. The summed E-state index contributed by atoms with van der Waals surface area (Å²) in [6.45, 7) is 0. The topological polar surface area (TPSA) is 17.1 Å². The molecule has 0 heterocycles. The van der Waals surface area contributed by atoms with Crippen LogP contribution in [0.25, 0.3) is 11.1 Å². The minimum atomic E-state index is 0.582. The fourth-order valence-corrected chi connectivity index (χ4v) is 1.72. The molecule has 1 nitrogen and oxygen atoms in total. The number of carbonyl (C=O) groups is 1. The van der Waals surface area contributed by atoms with Crippen molar-refractivity contribution < 1.29 is 4.79 Å². The zero-order chi connectivity index (χ0) is 10.7. The van der Waals surface area contributed by atoms with Gasteiger partial charge in [0.25, 0.3) is 0 Å². The third-order valence-electron chi connectivity index (χ3n) is 2.16. The average molecular weight is 217 g/mol. The monoisotopic (exact) mass is 216 g/mol. The van der Waals surface area contributed by atoms with Crippen LogP contribution in [0.2, 0.25) is 5.02 Å². The highest BCUT2D eigenvalue weighted by molar-refractivity contribution is 6.31. The Balaban J connectivity index is 2.53. The van der Waals surface area contributed by atoms with Crippen LogP contribution in [0.4, 0.5) is 0 Å². The predicted molar refractivity (Wildman–Crippen MR) is 62.3 cm³/mol. The Hall–Kier alpha value is -1.60. The molecule has 0 aliphatic heterocycles. The maximum atomic E-state index is 10.7. The van der Waals surface area contributed by atoms with Gasteiger partial charge < -0.3 is 0 Å². The highest BCUT2D eigenvalue weighted by atomic mass is 35.5. The highest BCUT2D eigenvalue weighted by Gasteiger charge is 2.00. The van der Waals surface area contributed by atoms with Gasteiger partial charge in [0.05, 0.1) is 0 Å². The van der Waals surface area contributed by atoms with Gasteiger partial charge in [0.2, 0.25) is 0 Å². The van der Waals surface area contributed by atoms with Crippen molar-refractivity contribution in [2.45, 2.75) is 0 Å². The van der Waals surface area contributed by atoms with E-state index in [0.29, 0.717) is 10.6 Å². The first kappa shape index (κ1) is 9.94. The molecule has 0 aliphatic rings. The van der Waals surface area contributed by atoms with Gasteiger partial charge in [0, 0.05) is 10.6 Å². The molecule has 0 amide bonds. The van der Waals surface area contributed by atoms with Gasteiger partial charge in [-0.05, 0) is 29.3 Å². The van der Waals surface area contributed by atoms with Gasteiger partial charge >= 0.3 is 0 Å². The molecule has 0 saturated heterocycles. The van der Waals surface area contributed by atoms with Crippen molar-refractivity contribution in [3.63, 3.8) is 0 Å². The molecule has 0 saturated carbocycles. The number of aldehydes is 1. The van der Waals surface area contributed by atoms with Crippen LogP contribution in [0.3, 0.4) is 0 Å². The summed E-state index contributed by atoms with van der Waals surface area (Å²) in [6.07, 6.45) is 0.804. The standard InChI is InChI=1S/C13H9ClO/c14-13-7-10(9-15)6-12(8-13)11-4-2-1-3-5-11/h1-9H. The lowest BCUT2D eigenvalue weighted by Gasteiger charge is -2.03. The van der Waals surface area contributed by atoms with E-state index in [9.17, 15) is 4.79 Å². The molecule has 0 N–H and O–H groups in total. The lowest BCUT2D eigenvalue weighted by Crippen LogP contribution is -1.83. The van der Waals surface area contributed by atoms with E-state index < -0.39 is 0 Å². The Labute approximate surface area is 93.3 Å². The average Bonchev–Trinajstić information content (AvgIpc) is 2.29. The van der Waals surface area contributed by atoms with Crippen molar-refractivity contribution in [3.05, 3.63) is 59.1 Å². The number of rotatable bonds is 2. The molecule has 0 atom stereocenters. The molecule has 74 valence electrons. The molecule has 0 fully saturated rings. The lowest BCUT2D eigenvalue weighted by molar-refractivity contribution is 0.112. The molecule has 0 aromatic heterocycles. The summed E-state index contributed by atoms with van der Waals surface area (Å²) >= 11 is 5.92. The number of hydrogen-bond acceptors (Lipinski definition) is 1. The van der Waals surface area contributed by atoms with Crippen LogP contribution in [-0.4, -0.2) is 6.29 Å². The van der Waals surface area contributed by atoms with Gasteiger partial charge in [-0.3, -0.25) is 4.79 Å². The van der Waals surface area contributed by atoms with Crippen LogP contribution in [0.15, 0.2) is 48.5 Å². The van der Waals surface area contributed by atoms with E-state index >= 15 is 0 Å². The number of hydrogen-bond donors (Lipinski definition) is 0. The quantitative estimate of drug-likeness (QED) is 0.698. The fraction of sp³-hybridized carbons (Fsp3) is 0. The van der Waals surface area contributed by atoms with E-state index in [-0.39, 0.29) is 0 Å². The summed E-state index contributed by atoms with van der Waals surface area (Å²) in [5.74, 6) is 0. The van der Waals surface area contributed by atoms with Gasteiger partial charge in [-0.15, -0.1) is 0 Å². The Morgan fingerprint density at radius 3 is 2.33 bits per heavy atom. The van der Waals surface area contributed by atoms with E-state index in [4.69, 9.17) is 11.6 Å². The zero-order valence-electron chi connectivity index (χ0n) is 7.98. The van der Waals surface area contributed by atoms with E-state index in [0.717, 1.165) is 17.4 Å². The van der Waals surface area contributed by atoms with Crippen molar-refractivity contribution >= 4 is 17.9 Å². The Kier molecular flexibility index (Phi) is 2.84. The SMILES string of the molecule is O=Cc1cc(Cl)cc(-c2ccccc2)c1. The molecule has 0 spiro atoms. The molecular formula is C13H9ClO. The first-order chi connectivity index (χ1) is 7.29.